The van der Waals surface area contributed by atoms with Gasteiger partial charge in [0.2, 0.25) is 17.7 Å². The van der Waals surface area contributed by atoms with Gasteiger partial charge in [-0.05, 0) is 32.9 Å². The van der Waals surface area contributed by atoms with Gasteiger partial charge in [0, 0.05) is 24.7 Å². The van der Waals surface area contributed by atoms with E-state index in [2.05, 4.69) is 10.6 Å². The third-order valence-electron chi connectivity index (χ3n) is 3.71. The highest BCUT2D eigenvalue weighted by atomic mass is 16.2. The van der Waals surface area contributed by atoms with Crippen LogP contribution >= 0.6 is 0 Å². The van der Waals surface area contributed by atoms with Crippen molar-refractivity contribution in [1.29, 1.82) is 0 Å². The van der Waals surface area contributed by atoms with Gasteiger partial charge in [-0.2, -0.15) is 0 Å². The first-order chi connectivity index (χ1) is 10.9. The van der Waals surface area contributed by atoms with Crippen molar-refractivity contribution in [3.8, 4) is 0 Å². The summed E-state index contributed by atoms with van der Waals surface area (Å²) in [7, 11) is 0. The van der Waals surface area contributed by atoms with Crippen molar-refractivity contribution in [3.05, 3.63) is 29.8 Å². The molecule has 2 N–H and O–H groups in total. The molecule has 0 saturated carbocycles. The fourth-order valence-electron chi connectivity index (χ4n) is 2.54. The van der Waals surface area contributed by atoms with Crippen LogP contribution in [0.15, 0.2) is 24.3 Å². The highest BCUT2D eigenvalue weighted by Crippen LogP contribution is 2.25. The van der Waals surface area contributed by atoms with E-state index in [9.17, 15) is 14.4 Å². The Balaban J connectivity index is 1.90. The zero-order valence-electron chi connectivity index (χ0n) is 13.8. The maximum atomic E-state index is 12.1. The molecule has 6 nitrogen and oxygen atoms in total. The van der Waals surface area contributed by atoms with Crippen LogP contribution in [0, 0.1) is 12.8 Å². The number of nitrogens with zero attached hydrogens (tertiary/aromatic N) is 1. The number of anilines is 1. The van der Waals surface area contributed by atoms with Crippen LogP contribution in [-0.4, -0.2) is 36.9 Å². The summed E-state index contributed by atoms with van der Waals surface area (Å²) >= 11 is 0. The standard InChI is InChI=1S/C17H23N3O3/c1-11(2)19-15(21)9-18-17(23)13-8-16(22)20(10-13)14-6-4-12(3)5-7-14/h4-7,11,13H,8-10H2,1-3H3,(H,18,23)(H,19,21). The van der Waals surface area contributed by atoms with Crippen molar-refractivity contribution in [2.45, 2.75) is 33.2 Å². The maximum absolute atomic E-state index is 12.1. The van der Waals surface area contributed by atoms with Crippen molar-refractivity contribution in [1.82, 2.24) is 10.6 Å². The number of amides is 3. The van der Waals surface area contributed by atoms with E-state index in [0.29, 0.717) is 6.54 Å². The van der Waals surface area contributed by atoms with E-state index in [0.717, 1.165) is 11.3 Å². The average Bonchev–Trinajstić information content (AvgIpc) is 2.87. The molecule has 1 aliphatic heterocycles. The van der Waals surface area contributed by atoms with Crippen LogP contribution in [0.25, 0.3) is 0 Å². The first-order valence-corrected chi connectivity index (χ1v) is 7.81. The van der Waals surface area contributed by atoms with Crippen LogP contribution in [0.2, 0.25) is 0 Å². The van der Waals surface area contributed by atoms with Crippen molar-refractivity contribution in [2.75, 3.05) is 18.0 Å². The Hall–Kier alpha value is -2.37. The zero-order chi connectivity index (χ0) is 17.0. The SMILES string of the molecule is Cc1ccc(N2CC(C(=O)NCC(=O)NC(C)C)CC2=O)cc1. The minimum Gasteiger partial charge on any atom is -0.352 e. The van der Waals surface area contributed by atoms with Crippen LogP contribution < -0.4 is 15.5 Å². The van der Waals surface area contributed by atoms with Gasteiger partial charge in [-0.1, -0.05) is 17.7 Å². The Morgan fingerprint density at radius 2 is 1.91 bits per heavy atom. The minimum absolute atomic E-state index is 0.0319. The van der Waals surface area contributed by atoms with E-state index < -0.39 is 5.92 Å². The van der Waals surface area contributed by atoms with Gasteiger partial charge in [0.1, 0.15) is 0 Å². The number of carbonyl (C=O) groups is 3. The lowest BCUT2D eigenvalue weighted by atomic mass is 10.1. The van der Waals surface area contributed by atoms with Crippen molar-refractivity contribution >= 4 is 23.4 Å². The summed E-state index contributed by atoms with van der Waals surface area (Å²) in [4.78, 5) is 37.4. The number of hydrogen-bond acceptors (Lipinski definition) is 3. The summed E-state index contributed by atoms with van der Waals surface area (Å²) < 4.78 is 0. The Kier molecular flexibility index (Phi) is 5.36. The average molecular weight is 317 g/mol. The maximum Gasteiger partial charge on any atom is 0.239 e. The third kappa shape index (κ3) is 4.55. The second-order valence-corrected chi connectivity index (χ2v) is 6.18. The van der Waals surface area contributed by atoms with Gasteiger partial charge < -0.3 is 15.5 Å². The molecule has 23 heavy (non-hydrogen) atoms. The quantitative estimate of drug-likeness (QED) is 0.850. The predicted molar refractivity (Wildman–Crippen MR) is 87.9 cm³/mol. The minimum atomic E-state index is -0.421. The molecule has 1 atom stereocenters. The number of aryl methyl sites for hydroxylation is 1. The number of hydrogen-bond donors (Lipinski definition) is 2. The Labute approximate surface area is 136 Å². The van der Waals surface area contributed by atoms with E-state index in [1.165, 1.54) is 0 Å². The first kappa shape index (κ1) is 17.0. The third-order valence-corrected chi connectivity index (χ3v) is 3.71. The van der Waals surface area contributed by atoms with E-state index in [1.807, 2.05) is 45.0 Å². The highest BCUT2D eigenvalue weighted by Gasteiger charge is 2.35. The molecule has 1 fully saturated rings. The van der Waals surface area contributed by atoms with E-state index in [4.69, 9.17) is 0 Å². The molecule has 0 aliphatic carbocycles. The lowest BCUT2D eigenvalue weighted by Gasteiger charge is -2.17. The zero-order valence-corrected chi connectivity index (χ0v) is 13.8. The largest absolute Gasteiger partial charge is 0.352 e. The molecule has 2 rings (SSSR count). The molecule has 1 saturated heterocycles. The molecule has 3 amide bonds. The second kappa shape index (κ2) is 7.26. The van der Waals surface area contributed by atoms with Gasteiger partial charge >= 0.3 is 0 Å². The van der Waals surface area contributed by atoms with Gasteiger partial charge in [-0.15, -0.1) is 0 Å². The van der Waals surface area contributed by atoms with E-state index >= 15 is 0 Å². The lowest BCUT2D eigenvalue weighted by molar-refractivity contribution is -0.129. The number of carbonyl (C=O) groups excluding carboxylic acids is 3. The molecule has 6 heteroatoms. The first-order valence-electron chi connectivity index (χ1n) is 7.81. The molecule has 0 spiro atoms. The summed E-state index contributed by atoms with van der Waals surface area (Å²) in [6, 6.07) is 7.66. The normalized spacial score (nSPS) is 17.5. The van der Waals surface area contributed by atoms with Crippen LogP contribution in [-0.2, 0) is 14.4 Å². The Bertz CT molecular complexity index is 596. The van der Waals surface area contributed by atoms with Crippen molar-refractivity contribution in [3.63, 3.8) is 0 Å². The smallest absolute Gasteiger partial charge is 0.239 e. The molecule has 124 valence electrons. The van der Waals surface area contributed by atoms with Crippen LogP contribution in [0.4, 0.5) is 5.69 Å². The molecule has 1 aliphatic rings. The van der Waals surface area contributed by atoms with Crippen LogP contribution in [0.3, 0.4) is 0 Å². The van der Waals surface area contributed by atoms with Gasteiger partial charge in [-0.3, -0.25) is 14.4 Å². The molecule has 0 bridgehead atoms. The van der Waals surface area contributed by atoms with E-state index in [1.54, 1.807) is 4.90 Å². The molecule has 0 aromatic heterocycles. The van der Waals surface area contributed by atoms with Gasteiger partial charge in [0.05, 0.1) is 12.5 Å². The monoisotopic (exact) mass is 317 g/mol. The van der Waals surface area contributed by atoms with Crippen molar-refractivity contribution < 1.29 is 14.4 Å². The predicted octanol–water partition coefficient (Wildman–Crippen LogP) is 0.989. The fraction of sp³-hybridized carbons (Fsp3) is 0.471. The molecule has 0 radical (unpaired) electrons. The topological polar surface area (TPSA) is 78.5 Å². The molecular weight excluding hydrogens is 294 g/mol. The number of benzene rings is 1. The summed E-state index contributed by atoms with van der Waals surface area (Å²) in [5.41, 5.74) is 1.92. The van der Waals surface area contributed by atoms with Gasteiger partial charge in [0.25, 0.3) is 0 Å². The summed E-state index contributed by atoms with van der Waals surface area (Å²) in [6.45, 7) is 5.98. The van der Waals surface area contributed by atoms with Crippen LogP contribution in [0.1, 0.15) is 25.8 Å². The number of nitrogens with one attached hydrogen (secondary N) is 2. The summed E-state index contributed by atoms with van der Waals surface area (Å²) in [5, 5.41) is 5.31. The van der Waals surface area contributed by atoms with Gasteiger partial charge in [-0.25, -0.2) is 0 Å². The van der Waals surface area contributed by atoms with Gasteiger partial charge in [0.15, 0.2) is 0 Å². The summed E-state index contributed by atoms with van der Waals surface area (Å²) in [6.07, 6.45) is 0.172. The summed E-state index contributed by atoms with van der Waals surface area (Å²) in [5.74, 6) is -0.976. The number of rotatable bonds is 5. The lowest BCUT2D eigenvalue weighted by Crippen LogP contribution is -2.42. The molecule has 1 aromatic rings. The molecule has 1 heterocycles. The van der Waals surface area contributed by atoms with Crippen molar-refractivity contribution in [2.24, 2.45) is 5.92 Å². The Morgan fingerprint density at radius 3 is 2.52 bits per heavy atom. The fourth-order valence-corrected chi connectivity index (χ4v) is 2.54. The second-order valence-electron chi connectivity index (χ2n) is 6.18. The molecule has 1 unspecified atom stereocenters. The highest BCUT2D eigenvalue weighted by molar-refractivity contribution is 6.00. The molecule has 1 aromatic carbocycles. The molecular formula is C17H23N3O3. The van der Waals surface area contributed by atoms with Crippen LogP contribution in [0.5, 0.6) is 0 Å². The van der Waals surface area contributed by atoms with E-state index in [-0.39, 0.29) is 36.7 Å². The Morgan fingerprint density at radius 1 is 1.26 bits per heavy atom.